The summed E-state index contributed by atoms with van der Waals surface area (Å²) in [7, 11) is 0. The van der Waals surface area contributed by atoms with Crippen molar-refractivity contribution in [2.75, 3.05) is 5.83 Å². The van der Waals surface area contributed by atoms with E-state index in [1.165, 1.54) is 0 Å². The fraction of sp³-hybridized carbons (Fsp3) is 0.111. The third kappa shape index (κ3) is 47.1. The molecule has 0 aliphatic rings. The minimum absolute atomic E-state index is 0.750. The van der Waals surface area contributed by atoms with Crippen LogP contribution in [-0.4, -0.2) is 18.0 Å². The summed E-state index contributed by atoms with van der Waals surface area (Å²) in [6.45, 7) is 0. The van der Waals surface area contributed by atoms with Gasteiger partial charge in [0.05, 0.1) is 0 Å². The van der Waals surface area contributed by atoms with Crippen LogP contribution in [-0.2, 0) is 9.59 Å². The Hall–Kier alpha value is -1.54. The maximum absolute atomic E-state index is 8.35. The lowest BCUT2D eigenvalue weighted by Gasteiger charge is -1.69. The van der Waals surface area contributed by atoms with Crippen LogP contribution in [0.5, 0.6) is 0 Å². The van der Waals surface area contributed by atoms with E-state index in [0.717, 1.165) is 12.2 Å². The molecule has 0 aliphatic carbocycles. The summed E-state index contributed by atoms with van der Waals surface area (Å²) in [6.07, 6.45) is 1.50. The molecule has 2 N–H and O–H groups in total. The van der Waals surface area contributed by atoms with E-state index >= 15 is 0 Å². The van der Waals surface area contributed by atoms with Crippen LogP contribution < -0.4 is 0 Å². The molecule has 0 unspecified atom stereocenters. The van der Waals surface area contributed by atoms with Gasteiger partial charge >= 0.3 is 0 Å². The van der Waals surface area contributed by atoms with Gasteiger partial charge in [-0.15, -0.1) is 0 Å². The zero-order valence-electron chi connectivity index (χ0n) is 7.66. The van der Waals surface area contributed by atoms with Crippen molar-refractivity contribution in [1.29, 1.82) is 10.8 Å². The molecule has 0 heterocycles. The van der Waals surface area contributed by atoms with Crippen LogP contribution in [0.15, 0.2) is 36.4 Å². The minimum atomic E-state index is 0.750. The molecule has 0 amide bonds. The Labute approximate surface area is 91.1 Å². The Morgan fingerprint density at radius 1 is 0.786 bits per heavy atom. The Kier molecular flexibility index (Phi) is 39.2. The molecular formula is C9H11BrN2O2. The number of carbonyl (C=O) groups excluding carboxylic acids is 2. The highest BCUT2D eigenvalue weighted by atomic mass is 79.9. The molecule has 1 rings (SSSR count). The minimum Gasteiger partial charge on any atom is -0.222 e. The fourth-order valence-electron chi connectivity index (χ4n) is 0.385. The third-order valence-corrected chi connectivity index (χ3v) is 0.667. The Balaban J connectivity index is -0.000000132. The number of alkyl halides is 1. The molecule has 1 aromatic carbocycles. The van der Waals surface area contributed by atoms with Gasteiger partial charge in [-0.1, -0.05) is 52.3 Å². The highest BCUT2D eigenvalue weighted by Gasteiger charge is 1.57. The van der Waals surface area contributed by atoms with Crippen molar-refractivity contribution in [1.82, 2.24) is 0 Å². The standard InChI is InChI=1S/C6H6.CH3Br.2CHNO/c1-2-4-6-5-3-1;1-2;2*2-1-3/h1-6H;1H3;2*2H. The molecule has 0 spiro atoms. The van der Waals surface area contributed by atoms with Crippen LogP contribution in [0.2, 0.25) is 0 Å². The van der Waals surface area contributed by atoms with Gasteiger partial charge in [0.2, 0.25) is 12.2 Å². The molecule has 4 nitrogen and oxygen atoms in total. The summed E-state index contributed by atoms with van der Waals surface area (Å²) < 4.78 is 0. The highest BCUT2D eigenvalue weighted by Crippen LogP contribution is 1.79. The van der Waals surface area contributed by atoms with Crippen molar-refractivity contribution >= 4 is 28.1 Å². The second-order valence-corrected chi connectivity index (χ2v) is 1.36. The third-order valence-electron chi connectivity index (χ3n) is 0.667. The van der Waals surface area contributed by atoms with E-state index < -0.39 is 0 Å². The largest absolute Gasteiger partial charge is 0.231 e. The summed E-state index contributed by atoms with van der Waals surface area (Å²) in [5.74, 6) is 1.81. The van der Waals surface area contributed by atoms with Crippen LogP contribution in [0.3, 0.4) is 0 Å². The summed E-state index contributed by atoms with van der Waals surface area (Å²) in [6, 6.07) is 12.0. The number of rotatable bonds is 0. The molecule has 5 heteroatoms. The second-order valence-electron chi connectivity index (χ2n) is 1.36. The fourth-order valence-corrected chi connectivity index (χ4v) is 0.385. The summed E-state index contributed by atoms with van der Waals surface area (Å²) in [4.78, 5) is 16.7. The molecule has 0 fully saturated rings. The quantitative estimate of drug-likeness (QED) is 0.426. The number of hydrogen-bond acceptors (Lipinski definition) is 4. The van der Waals surface area contributed by atoms with Crippen molar-refractivity contribution in [3.05, 3.63) is 36.4 Å². The topological polar surface area (TPSA) is 81.8 Å². The first-order valence-electron chi connectivity index (χ1n) is 3.29. The van der Waals surface area contributed by atoms with Gasteiger partial charge in [-0.05, 0) is 5.83 Å². The summed E-state index contributed by atoms with van der Waals surface area (Å²) >= 11 is 2.94. The first-order chi connectivity index (χ1) is 6.83. The zero-order valence-corrected chi connectivity index (χ0v) is 9.24. The molecule has 0 bridgehead atoms. The smallest absolute Gasteiger partial charge is 0.222 e. The van der Waals surface area contributed by atoms with Gasteiger partial charge in [0.25, 0.3) is 0 Å². The van der Waals surface area contributed by atoms with Crippen molar-refractivity contribution in [3.8, 4) is 0 Å². The van der Waals surface area contributed by atoms with E-state index in [2.05, 4.69) is 15.9 Å². The van der Waals surface area contributed by atoms with E-state index in [-0.39, 0.29) is 0 Å². The SMILES string of the molecule is CBr.N=C=O.N=C=O.c1ccccc1. The van der Waals surface area contributed by atoms with Crippen molar-refractivity contribution in [2.24, 2.45) is 0 Å². The molecule has 0 saturated carbocycles. The van der Waals surface area contributed by atoms with Crippen LogP contribution in [0.4, 0.5) is 0 Å². The maximum atomic E-state index is 8.35. The predicted octanol–water partition coefficient (Wildman–Crippen LogP) is 2.50. The molecule has 14 heavy (non-hydrogen) atoms. The second kappa shape index (κ2) is 30.0. The average Bonchev–Trinajstić information content (AvgIpc) is 2.26. The Bertz CT molecular complexity index is 202. The number of isocyanates is 2. The van der Waals surface area contributed by atoms with Crippen molar-refractivity contribution < 1.29 is 9.59 Å². The molecule has 0 atom stereocenters. The monoisotopic (exact) mass is 258 g/mol. The van der Waals surface area contributed by atoms with Crippen LogP contribution in [0, 0.1) is 10.8 Å². The molecule has 0 aliphatic heterocycles. The van der Waals surface area contributed by atoms with Gasteiger partial charge in [0.1, 0.15) is 0 Å². The maximum Gasteiger partial charge on any atom is 0.231 e. The lowest BCUT2D eigenvalue weighted by atomic mass is 10.4. The highest BCUT2D eigenvalue weighted by molar-refractivity contribution is 9.08. The van der Waals surface area contributed by atoms with Gasteiger partial charge < -0.3 is 0 Å². The number of halogens is 1. The molecule has 0 aromatic heterocycles. The average molecular weight is 259 g/mol. The molecule has 0 saturated heterocycles. The number of nitrogens with one attached hydrogen (secondary N) is 2. The number of benzene rings is 1. The van der Waals surface area contributed by atoms with Crippen LogP contribution in [0.1, 0.15) is 0 Å². The van der Waals surface area contributed by atoms with E-state index in [0.29, 0.717) is 0 Å². The lowest BCUT2D eigenvalue weighted by Crippen LogP contribution is -1.47. The molecule has 1 aromatic rings. The van der Waals surface area contributed by atoms with Gasteiger partial charge in [-0.3, -0.25) is 0 Å². The molecular weight excluding hydrogens is 248 g/mol. The first kappa shape index (κ1) is 18.3. The van der Waals surface area contributed by atoms with Gasteiger partial charge in [0, 0.05) is 0 Å². The van der Waals surface area contributed by atoms with Crippen LogP contribution in [0.25, 0.3) is 0 Å². The van der Waals surface area contributed by atoms with Crippen LogP contribution >= 0.6 is 15.9 Å². The zero-order chi connectivity index (χ0) is 11.7. The van der Waals surface area contributed by atoms with Crippen molar-refractivity contribution in [3.63, 3.8) is 0 Å². The first-order valence-corrected chi connectivity index (χ1v) is 4.87. The lowest BCUT2D eigenvalue weighted by molar-refractivity contribution is 0.562. The molecule has 76 valence electrons. The summed E-state index contributed by atoms with van der Waals surface area (Å²) in [5.41, 5.74) is 0. The summed E-state index contributed by atoms with van der Waals surface area (Å²) in [5, 5.41) is 10.8. The Morgan fingerprint density at radius 3 is 0.929 bits per heavy atom. The van der Waals surface area contributed by atoms with Gasteiger partial charge in [0.15, 0.2) is 0 Å². The number of hydrogen-bond donors (Lipinski definition) is 2. The van der Waals surface area contributed by atoms with E-state index in [4.69, 9.17) is 20.4 Å². The van der Waals surface area contributed by atoms with E-state index in [1.54, 1.807) is 0 Å². The predicted molar refractivity (Wildman–Crippen MR) is 58.1 cm³/mol. The Morgan fingerprint density at radius 2 is 0.857 bits per heavy atom. The van der Waals surface area contributed by atoms with Crippen molar-refractivity contribution in [2.45, 2.75) is 0 Å². The van der Waals surface area contributed by atoms with Gasteiger partial charge in [-0.25, -0.2) is 20.4 Å². The van der Waals surface area contributed by atoms with E-state index in [9.17, 15) is 0 Å². The normalized spacial score (nSPS) is 5.00. The van der Waals surface area contributed by atoms with Gasteiger partial charge in [-0.2, -0.15) is 0 Å². The van der Waals surface area contributed by atoms with E-state index in [1.807, 2.05) is 42.2 Å². The molecule has 0 radical (unpaired) electrons.